The van der Waals surface area contributed by atoms with Crippen LogP contribution in [-0.4, -0.2) is 50.5 Å². The van der Waals surface area contributed by atoms with Gasteiger partial charge in [-0.3, -0.25) is 0 Å². The van der Waals surface area contributed by atoms with Gasteiger partial charge in [-0.2, -0.15) is 0 Å². The number of hydrogen-bond acceptors (Lipinski definition) is 7. The zero-order valence-electron chi connectivity index (χ0n) is 16.9. The Bertz CT molecular complexity index is 1000. The first-order chi connectivity index (χ1) is 13.4. The lowest BCUT2D eigenvalue weighted by molar-refractivity contribution is 0.178. The van der Waals surface area contributed by atoms with E-state index in [1.54, 1.807) is 13.8 Å². The summed E-state index contributed by atoms with van der Waals surface area (Å²) in [7, 11) is 0. The average molecular weight is 384 g/mol. The molecule has 3 aromatic rings. The Morgan fingerprint density at radius 3 is 2.36 bits per heavy atom. The Kier molecular flexibility index (Phi) is 4.97. The van der Waals surface area contributed by atoms with Crippen LogP contribution >= 0.6 is 0 Å². The predicted molar refractivity (Wildman–Crippen MR) is 109 cm³/mol. The molecule has 0 bridgehead atoms. The van der Waals surface area contributed by atoms with Crippen LogP contribution in [0.5, 0.6) is 0 Å². The molecule has 0 unspecified atom stereocenters. The van der Waals surface area contributed by atoms with Gasteiger partial charge in [-0.25, -0.2) is 15.0 Å². The van der Waals surface area contributed by atoms with E-state index in [0.717, 1.165) is 35.9 Å². The molecule has 0 fully saturated rings. The molecule has 2 atom stereocenters. The van der Waals surface area contributed by atoms with Crippen LogP contribution in [0, 0.1) is 0 Å². The lowest BCUT2D eigenvalue weighted by Gasteiger charge is -2.26. The summed E-state index contributed by atoms with van der Waals surface area (Å²) in [6, 6.07) is 0. The quantitative estimate of drug-likeness (QED) is 0.674. The number of aryl methyl sites for hydroxylation is 1. The van der Waals surface area contributed by atoms with Gasteiger partial charge in [-0.1, -0.05) is 13.8 Å². The molecule has 2 N–H and O–H groups in total. The van der Waals surface area contributed by atoms with Gasteiger partial charge in [0.2, 0.25) is 5.71 Å². The number of aliphatic hydroxyl groups is 2. The molecule has 3 aromatic heterocycles. The van der Waals surface area contributed by atoms with Gasteiger partial charge in [0.15, 0.2) is 11.4 Å². The number of aromatic nitrogens is 3. The molecule has 1 aliphatic carbocycles. The zero-order valence-corrected chi connectivity index (χ0v) is 16.9. The van der Waals surface area contributed by atoms with E-state index in [2.05, 4.69) is 23.8 Å². The summed E-state index contributed by atoms with van der Waals surface area (Å²) in [6.45, 7) is 8.44. The number of aliphatic hydroxyl groups excluding tert-OH is 2. The molecule has 0 aliphatic heterocycles. The lowest BCUT2D eigenvalue weighted by atomic mass is 9.99. The average Bonchev–Trinajstić information content (AvgIpc) is 3.22. The normalized spacial score (nSPS) is 16.1. The maximum Gasteiger partial charge on any atom is 0.229 e. The van der Waals surface area contributed by atoms with Crippen LogP contribution in [0.2, 0.25) is 0 Å². The lowest BCUT2D eigenvalue weighted by Crippen LogP contribution is -2.37. The topological polar surface area (TPSA) is 95.5 Å². The highest BCUT2D eigenvalue weighted by Crippen LogP contribution is 2.40. The number of hydrogen-bond donors (Lipinski definition) is 2. The first kappa shape index (κ1) is 19.1. The van der Waals surface area contributed by atoms with Gasteiger partial charge in [0.1, 0.15) is 11.8 Å². The molecular formula is C21H28N4O3. The van der Waals surface area contributed by atoms with Crippen LogP contribution < -0.4 is 4.90 Å². The number of anilines is 1. The minimum absolute atomic E-state index is 0.331. The number of fused-ring (bicyclic) bond motifs is 5. The highest BCUT2D eigenvalue weighted by Gasteiger charge is 2.27. The molecule has 0 aromatic carbocycles. The van der Waals surface area contributed by atoms with Crippen molar-refractivity contribution in [2.75, 3.05) is 18.0 Å². The standard InChI is InChI=1S/C21H28N4O3/c1-11(2)17-15-7-5-6-14(15)16-18-19(28-21(16)24-17)20(23-10-22-18)25(8-12(3)26)9-13(4)27/h10-13,26-27H,5-9H2,1-4H3/t12-,13-/m0/s1. The molecule has 0 amide bonds. The van der Waals surface area contributed by atoms with Crippen molar-refractivity contribution in [3.63, 3.8) is 0 Å². The van der Waals surface area contributed by atoms with E-state index < -0.39 is 12.2 Å². The monoisotopic (exact) mass is 384 g/mol. The van der Waals surface area contributed by atoms with Crippen molar-refractivity contribution in [3.05, 3.63) is 23.1 Å². The molecule has 0 saturated heterocycles. The molecule has 4 rings (SSSR count). The summed E-state index contributed by atoms with van der Waals surface area (Å²) in [5.74, 6) is 0.916. The van der Waals surface area contributed by atoms with E-state index in [1.807, 2.05) is 4.90 Å². The summed E-state index contributed by atoms with van der Waals surface area (Å²) in [4.78, 5) is 15.7. The molecule has 7 nitrogen and oxygen atoms in total. The summed E-state index contributed by atoms with van der Waals surface area (Å²) >= 11 is 0. The van der Waals surface area contributed by atoms with E-state index >= 15 is 0 Å². The van der Waals surface area contributed by atoms with Gasteiger partial charge >= 0.3 is 0 Å². The number of pyridine rings is 1. The maximum absolute atomic E-state index is 9.92. The number of rotatable bonds is 6. The Morgan fingerprint density at radius 1 is 1.04 bits per heavy atom. The van der Waals surface area contributed by atoms with E-state index in [1.165, 1.54) is 17.5 Å². The highest BCUT2D eigenvalue weighted by molar-refractivity contribution is 6.06. The van der Waals surface area contributed by atoms with Crippen molar-refractivity contribution in [2.45, 2.75) is 65.1 Å². The molecule has 3 heterocycles. The van der Waals surface area contributed by atoms with Crippen LogP contribution in [0.1, 0.15) is 56.9 Å². The van der Waals surface area contributed by atoms with Crippen molar-refractivity contribution in [1.82, 2.24) is 15.0 Å². The van der Waals surface area contributed by atoms with E-state index in [-0.39, 0.29) is 0 Å². The van der Waals surface area contributed by atoms with Gasteiger partial charge in [-0.15, -0.1) is 0 Å². The summed E-state index contributed by atoms with van der Waals surface area (Å²) in [6.07, 6.45) is 3.57. The minimum atomic E-state index is -0.567. The third-order valence-electron chi connectivity index (χ3n) is 5.30. The number of nitrogens with zero attached hydrogens (tertiary/aromatic N) is 4. The van der Waals surface area contributed by atoms with Gasteiger partial charge in [0.25, 0.3) is 0 Å². The third-order valence-corrected chi connectivity index (χ3v) is 5.30. The molecule has 7 heteroatoms. The summed E-state index contributed by atoms with van der Waals surface area (Å²) < 4.78 is 6.20. The third kappa shape index (κ3) is 3.22. The predicted octanol–water partition coefficient (Wildman–Crippen LogP) is 2.95. The maximum atomic E-state index is 9.92. The van der Waals surface area contributed by atoms with Crippen LogP contribution in [0.15, 0.2) is 10.7 Å². The van der Waals surface area contributed by atoms with E-state index in [9.17, 15) is 10.2 Å². The largest absolute Gasteiger partial charge is 0.432 e. The molecule has 1 aliphatic rings. The molecule has 0 saturated carbocycles. The fourth-order valence-electron chi connectivity index (χ4n) is 4.30. The summed E-state index contributed by atoms with van der Waals surface area (Å²) in [5, 5.41) is 20.8. The number of furan rings is 1. The fraction of sp³-hybridized carbons (Fsp3) is 0.571. The molecule has 150 valence electrons. The Morgan fingerprint density at radius 2 is 1.71 bits per heavy atom. The van der Waals surface area contributed by atoms with Gasteiger partial charge in [-0.05, 0) is 50.2 Å². The van der Waals surface area contributed by atoms with Crippen molar-refractivity contribution < 1.29 is 14.6 Å². The molecule has 0 radical (unpaired) electrons. The first-order valence-electron chi connectivity index (χ1n) is 10.1. The first-order valence-corrected chi connectivity index (χ1v) is 10.1. The highest BCUT2D eigenvalue weighted by atomic mass is 16.3. The Hall–Kier alpha value is -2.25. The van der Waals surface area contributed by atoms with Crippen LogP contribution in [0.25, 0.3) is 22.2 Å². The second kappa shape index (κ2) is 7.29. The molecule has 0 spiro atoms. The van der Waals surface area contributed by atoms with Crippen molar-refractivity contribution in [1.29, 1.82) is 0 Å². The SMILES string of the molecule is CC(C)c1nc2oc3c(N(C[C@H](C)O)C[C@H](C)O)ncnc3c2c2c1CCC2. The van der Waals surface area contributed by atoms with Gasteiger partial charge in [0.05, 0.1) is 23.3 Å². The van der Waals surface area contributed by atoms with Crippen molar-refractivity contribution >= 4 is 28.0 Å². The van der Waals surface area contributed by atoms with E-state index in [0.29, 0.717) is 36.1 Å². The second-order valence-electron chi connectivity index (χ2n) is 8.22. The van der Waals surface area contributed by atoms with Gasteiger partial charge in [0, 0.05) is 13.1 Å². The second-order valence-corrected chi connectivity index (χ2v) is 8.22. The van der Waals surface area contributed by atoms with Gasteiger partial charge < -0.3 is 19.5 Å². The van der Waals surface area contributed by atoms with E-state index in [4.69, 9.17) is 9.40 Å². The minimum Gasteiger partial charge on any atom is -0.432 e. The van der Waals surface area contributed by atoms with Crippen LogP contribution in [-0.2, 0) is 12.8 Å². The molecular weight excluding hydrogens is 356 g/mol. The Labute approximate surface area is 164 Å². The Balaban J connectivity index is 1.95. The zero-order chi connectivity index (χ0) is 20.0. The smallest absolute Gasteiger partial charge is 0.229 e. The van der Waals surface area contributed by atoms with Crippen LogP contribution in [0.3, 0.4) is 0 Å². The fourth-order valence-corrected chi connectivity index (χ4v) is 4.30. The summed E-state index contributed by atoms with van der Waals surface area (Å²) in [5.41, 5.74) is 5.70. The van der Waals surface area contributed by atoms with Crippen molar-refractivity contribution in [3.8, 4) is 0 Å². The van der Waals surface area contributed by atoms with Crippen molar-refractivity contribution in [2.24, 2.45) is 0 Å². The molecule has 28 heavy (non-hydrogen) atoms. The van der Waals surface area contributed by atoms with Crippen LogP contribution in [0.4, 0.5) is 5.82 Å².